The second-order valence-electron chi connectivity index (χ2n) is 5.24. The average Bonchev–Trinajstić information content (AvgIpc) is 2.91. The van der Waals surface area contributed by atoms with Crippen LogP contribution in [0.25, 0.3) is 5.82 Å². The number of imidazole rings is 1. The summed E-state index contributed by atoms with van der Waals surface area (Å²) in [6.07, 6.45) is 4.46. The van der Waals surface area contributed by atoms with Crippen LogP contribution in [0.3, 0.4) is 0 Å². The molecule has 2 aromatic heterocycles. The molecule has 10 heteroatoms. The lowest BCUT2D eigenvalue weighted by molar-refractivity contribution is 0.579. The van der Waals surface area contributed by atoms with Crippen molar-refractivity contribution in [3.63, 3.8) is 0 Å². The van der Waals surface area contributed by atoms with Crippen LogP contribution in [0.5, 0.6) is 0 Å². The average molecular weight is 365 g/mol. The molecule has 25 heavy (non-hydrogen) atoms. The standard InChI is InChI=1S/C15H13F2N5O2S/c1-10-18-2-3-22(10)15-7-14(19-9-20-15)21-25(23,24)8-11-4-12(16)6-13(17)5-11/h2-7,9H,8H2,1H3,(H,19,20,21). The van der Waals surface area contributed by atoms with Gasteiger partial charge in [0.05, 0.1) is 5.75 Å². The normalized spacial score (nSPS) is 11.5. The Bertz CT molecular complexity index is 1000. The molecule has 1 N–H and O–H groups in total. The number of hydrogen-bond donors (Lipinski definition) is 1. The molecule has 0 aliphatic heterocycles. The lowest BCUT2D eigenvalue weighted by Gasteiger charge is -2.09. The Morgan fingerprint density at radius 2 is 1.80 bits per heavy atom. The summed E-state index contributed by atoms with van der Waals surface area (Å²) < 4.78 is 54.8. The first-order valence-electron chi connectivity index (χ1n) is 7.10. The minimum Gasteiger partial charge on any atom is -0.288 e. The summed E-state index contributed by atoms with van der Waals surface area (Å²) in [5, 5.41) is 0. The van der Waals surface area contributed by atoms with E-state index in [4.69, 9.17) is 0 Å². The Balaban J connectivity index is 1.82. The predicted molar refractivity (Wildman–Crippen MR) is 86.5 cm³/mol. The number of rotatable bonds is 5. The maximum Gasteiger partial charge on any atom is 0.238 e. The van der Waals surface area contributed by atoms with Crippen molar-refractivity contribution in [2.75, 3.05) is 4.72 Å². The number of benzene rings is 1. The van der Waals surface area contributed by atoms with E-state index in [1.807, 2.05) is 0 Å². The summed E-state index contributed by atoms with van der Waals surface area (Å²) in [5.74, 6) is -1.14. The summed E-state index contributed by atoms with van der Waals surface area (Å²) in [4.78, 5) is 12.0. The van der Waals surface area contributed by atoms with Gasteiger partial charge in [0, 0.05) is 24.5 Å². The van der Waals surface area contributed by atoms with Crippen LogP contribution in [0, 0.1) is 18.6 Å². The van der Waals surface area contributed by atoms with Crippen molar-refractivity contribution in [3.8, 4) is 5.82 Å². The molecule has 3 aromatic rings. The third-order valence-electron chi connectivity index (χ3n) is 3.26. The van der Waals surface area contributed by atoms with Crippen LogP contribution in [0.1, 0.15) is 11.4 Å². The second kappa shape index (κ2) is 6.55. The molecule has 0 amide bonds. The third-order valence-corrected chi connectivity index (χ3v) is 4.50. The van der Waals surface area contributed by atoms with Crippen molar-refractivity contribution < 1.29 is 17.2 Å². The molecule has 0 radical (unpaired) electrons. The summed E-state index contributed by atoms with van der Waals surface area (Å²) >= 11 is 0. The lowest BCUT2D eigenvalue weighted by Crippen LogP contribution is -2.16. The first-order valence-corrected chi connectivity index (χ1v) is 8.75. The fraction of sp³-hybridized carbons (Fsp3) is 0.133. The lowest BCUT2D eigenvalue weighted by atomic mass is 10.2. The number of nitrogens with zero attached hydrogens (tertiary/aromatic N) is 4. The molecular weight excluding hydrogens is 352 g/mol. The molecule has 1 aromatic carbocycles. The Hall–Kier alpha value is -2.88. The van der Waals surface area contributed by atoms with E-state index in [-0.39, 0.29) is 11.4 Å². The van der Waals surface area contributed by atoms with E-state index in [1.54, 1.807) is 23.9 Å². The molecule has 3 rings (SSSR count). The van der Waals surface area contributed by atoms with Gasteiger partial charge in [-0.3, -0.25) is 9.29 Å². The topological polar surface area (TPSA) is 89.8 Å². The van der Waals surface area contributed by atoms with Crippen molar-refractivity contribution in [1.29, 1.82) is 0 Å². The maximum atomic E-state index is 13.2. The SMILES string of the molecule is Cc1nccn1-c1cc(NS(=O)(=O)Cc2cc(F)cc(F)c2)ncn1. The maximum absolute atomic E-state index is 13.2. The number of hydrogen-bond acceptors (Lipinski definition) is 5. The molecule has 0 saturated carbocycles. The summed E-state index contributed by atoms with van der Waals surface area (Å²) in [6, 6.07) is 4.03. The van der Waals surface area contributed by atoms with Crippen LogP contribution in [-0.2, 0) is 15.8 Å². The molecule has 0 unspecified atom stereocenters. The molecule has 0 spiro atoms. The molecular formula is C15H13F2N5O2S. The van der Waals surface area contributed by atoms with Crippen LogP contribution < -0.4 is 4.72 Å². The smallest absolute Gasteiger partial charge is 0.238 e. The molecule has 130 valence electrons. The first kappa shape index (κ1) is 17.0. The molecule has 0 fully saturated rings. The summed E-state index contributed by atoms with van der Waals surface area (Å²) in [5.41, 5.74) is -0.00951. The molecule has 0 saturated heterocycles. The predicted octanol–water partition coefficient (Wildman–Crippen LogP) is 2.19. The van der Waals surface area contributed by atoms with Crippen molar-refractivity contribution >= 4 is 15.8 Å². The Kier molecular flexibility index (Phi) is 4.45. The summed E-state index contributed by atoms with van der Waals surface area (Å²) in [7, 11) is -3.92. The van der Waals surface area contributed by atoms with Gasteiger partial charge in [0.25, 0.3) is 0 Å². The van der Waals surface area contributed by atoms with Crippen molar-refractivity contribution in [1.82, 2.24) is 19.5 Å². The minimum atomic E-state index is -3.92. The van der Waals surface area contributed by atoms with Crippen LogP contribution >= 0.6 is 0 Å². The minimum absolute atomic E-state index is 0.00951. The van der Waals surface area contributed by atoms with E-state index in [0.717, 1.165) is 12.1 Å². The van der Waals surface area contributed by atoms with E-state index in [9.17, 15) is 17.2 Å². The Morgan fingerprint density at radius 3 is 2.44 bits per heavy atom. The van der Waals surface area contributed by atoms with Crippen LogP contribution in [-0.4, -0.2) is 27.9 Å². The molecule has 0 atom stereocenters. The molecule has 0 aliphatic rings. The first-order chi connectivity index (χ1) is 11.8. The van der Waals surface area contributed by atoms with E-state index >= 15 is 0 Å². The molecule has 0 bridgehead atoms. The fourth-order valence-electron chi connectivity index (χ4n) is 2.26. The van der Waals surface area contributed by atoms with E-state index in [0.29, 0.717) is 17.7 Å². The monoisotopic (exact) mass is 365 g/mol. The Morgan fingerprint density at radius 1 is 1.08 bits per heavy atom. The van der Waals surface area contributed by atoms with Crippen LogP contribution in [0.2, 0.25) is 0 Å². The fourth-order valence-corrected chi connectivity index (χ4v) is 3.37. The van der Waals surface area contributed by atoms with Gasteiger partial charge in [-0.25, -0.2) is 32.2 Å². The van der Waals surface area contributed by atoms with E-state index < -0.39 is 27.4 Å². The zero-order valence-electron chi connectivity index (χ0n) is 13.0. The van der Waals surface area contributed by atoms with Gasteiger partial charge in [-0.15, -0.1) is 0 Å². The molecule has 7 nitrogen and oxygen atoms in total. The zero-order valence-corrected chi connectivity index (χ0v) is 13.8. The number of aromatic nitrogens is 4. The van der Waals surface area contributed by atoms with Gasteiger partial charge in [-0.05, 0) is 24.6 Å². The van der Waals surface area contributed by atoms with Gasteiger partial charge in [-0.1, -0.05) is 0 Å². The highest BCUT2D eigenvalue weighted by atomic mass is 32.2. The van der Waals surface area contributed by atoms with Crippen LogP contribution in [0.4, 0.5) is 14.6 Å². The van der Waals surface area contributed by atoms with Gasteiger partial charge < -0.3 is 0 Å². The van der Waals surface area contributed by atoms with Gasteiger partial charge in [0.1, 0.15) is 35.4 Å². The van der Waals surface area contributed by atoms with Crippen molar-refractivity contribution in [2.24, 2.45) is 0 Å². The zero-order chi connectivity index (χ0) is 18.0. The number of anilines is 1. The summed E-state index contributed by atoms with van der Waals surface area (Å²) in [6.45, 7) is 1.77. The van der Waals surface area contributed by atoms with Crippen molar-refractivity contribution in [3.05, 3.63) is 66.0 Å². The Labute approximate surface area is 142 Å². The van der Waals surface area contributed by atoms with E-state index in [1.165, 1.54) is 12.4 Å². The number of halogens is 2. The number of aryl methyl sites for hydroxylation is 1. The van der Waals surface area contributed by atoms with E-state index in [2.05, 4.69) is 19.7 Å². The second-order valence-corrected chi connectivity index (χ2v) is 6.97. The number of nitrogens with one attached hydrogen (secondary N) is 1. The van der Waals surface area contributed by atoms with Gasteiger partial charge in [-0.2, -0.15) is 0 Å². The highest BCUT2D eigenvalue weighted by Crippen LogP contribution is 2.15. The largest absolute Gasteiger partial charge is 0.288 e. The van der Waals surface area contributed by atoms with Crippen LogP contribution in [0.15, 0.2) is 43.0 Å². The highest BCUT2D eigenvalue weighted by Gasteiger charge is 2.15. The highest BCUT2D eigenvalue weighted by molar-refractivity contribution is 7.91. The van der Waals surface area contributed by atoms with Gasteiger partial charge in [0.2, 0.25) is 10.0 Å². The van der Waals surface area contributed by atoms with Crippen molar-refractivity contribution in [2.45, 2.75) is 12.7 Å². The van der Waals surface area contributed by atoms with Gasteiger partial charge in [0.15, 0.2) is 0 Å². The molecule has 2 heterocycles. The molecule has 0 aliphatic carbocycles. The quantitative estimate of drug-likeness (QED) is 0.749. The number of sulfonamides is 1. The third kappa shape index (κ3) is 4.15. The van der Waals surface area contributed by atoms with Gasteiger partial charge >= 0.3 is 0 Å².